The van der Waals surface area contributed by atoms with Crippen LogP contribution in [0.15, 0.2) is 36.5 Å². The number of hydrogen-bond donors (Lipinski definition) is 1. The van der Waals surface area contributed by atoms with Crippen molar-refractivity contribution in [3.8, 4) is 0 Å². The average molecular weight is 207 g/mol. The van der Waals surface area contributed by atoms with E-state index in [9.17, 15) is 4.79 Å². The van der Waals surface area contributed by atoms with Crippen LogP contribution >= 0.6 is 0 Å². The first-order valence-corrected chi connectivity index (χ1v) is 5.53. The maximum Gasteiger partial charge on any atom is 0.243 e. The largest absolute Gasteiger partial charge is 0.353 e. The molecule has 15 heavy (non-hydrogen) atoms. The smallest absolute Gasteiger partial charge is 0.243 e. The van der Waals surface area contributed by atoms with Crippen molar-refractivity contribution in [3.05, 3.63) is 36.5 Å². The van der Waals surface area contributed by atoms with Gasteiger partial charge in [0.25, 0.3) is 0 Å². The van der Waals surface area contributed by atoms with Crippen molar-refractivity contribution < 1.29 is 4.79 Å². The van der Waals surface area contributed by atoms with E-state index in [1.54, 1.807) is 6.08 Å². The Morgan fingerprint density at radius 2 is 1.93 bits per heavy atom. The summed E-state index contributed by atoms with van der Waals surface area (Å²) in [5.41, 5.74) is 0. The molecule has 0 radical (unpaired) electrons. The van der Waals surface area contributed by atoms with E-state index in [2.05, 4.69) is 11.4 Å². The molecule has 0 saturated heterocycles. The van der Waals surface area contributed by atoms with E-state index < -0.39 is 0 Å². The summed E-state index contributed by atoms with van der Waals surface area (Å²) in [6.45, 7) is 4.78. The zero-order valence-corrected chi connectivity index (χ0v) is 9.70. The summed E-state index contributed by atoms with van der Waals surface area (Å²) in [6, 6.07) is 0. The number of hydrogen-bond acceptors (Lipinski definition) is 1. The minimum absolute atomic E-state index is 0.00860. The van der Waals surface area contributed by atoms with Crippen LogP contribution in [0, 0.1) is 0 Å². The second kappa shape index (κ2) is 10.8. The Morgan fingerprint density at radius 3 is 2.60 bits per heavy atom. The Kier molecular flexibility index (Phi) is 9.83. The number of allylic oxidation sites excluding steroid dienone is 5. The molecule has 0 aromatic rings. The van der Waals surface area contributed by atoms with Crippen LogP contribution in [0.4, 0.5) is 0 Å². The zero-order chi connectivity index (χ0) is 11.4. The molecule has 0 aromatic carbocycles. The fourth-order valence-corrected chi connectivity index (χ4v) is 0.976. The standard InChI is InChI=1S/C13H21NO/c1-3-5-6-7-8-9-10-11-13(15)14-12-4-2/h3,5-7,10-11H,4,8-9,12H2,1-2H3,(H,14,15)/b5-3-,7-6+,11-10+. The molecule has 0 bridgehead atoms. The Hall–Kier alpha value is -1.31. The van der Waals surface area contributed by atoms with Gasteiger partial charge in [0, 0.05) is 6.54 Å². The molecular formula is C13H21NO. The molecule has 0 unspecified atom stereocenters. The van der Waals surface area contributed by atoms with Gasteiger partial charge in [0.1, 0.15) is 0 Å². The van der Waals surface area contributed by atoms with Crippen molar-refractivity contribution in [1.82, 2.24) is 5.32 Å². The van der Waals surface area contributed by atoms with Crippen LogP contribution in [0.1, 0.15) is 33.1 Å². The minimum Gasteiger partial charge on any atom is -0.353 e. The highest BCUT2D eigenvalue weighted by atomic mass is 16.1. The van der Waals surface area contributed by atoms with Crippen LogP contribution < -0.4 is 5.32 Å². The van der Waals surface area contributed by atoms with E-state index in [0.717, 1.165) is 25.8 Å². The van der Waals surface area contributed by atoms with Crippen LogP contribution in [-0.2, 0) is 4.79 Å². The van der Waals surface area contributed by atoms with Gasteiger partial charge in [0.2, 0.25) is 5.91 Å². The molecule has 0 atom stereocenters. The minimum atomic E-state index is 0.00860. The highest BCUT2D eigenvalue weighted by Crippen LogP contribution is 1.93. The van der Waals surface area contributed by atoms with Crippen molar-refractivity contribution in [3.63, 3.8) is 0 Å². The fraction of sp³-hybridized carbons (Fsp3) is 0.462. The third-order valence-corrected chi connectivity index (χ3v) is 1.76. The Morgan fingerprint density at radius 1 is 1.20 bits per heavy atom. The SMILES string of the molecule is C/C=C\C=C\CC/C=C/C(=O)NCCC. The van der Waals surface area contributed by atoms with Crippen LogP contribution in [0.25, 0.3) is 0 Å². The summed E-state index contributed by atoms with van der Waals surface area (Å²) >= 11 is 0. The van der Waals surface area contributed by atoms with Crippen LogP contribution in [0.3, 0.4) is 0 Å². The molecule has 2 nitrogen and oxygen atoms in total. The quantitative estimate of drug-likeness (QED) is 0.388. The lowest BCUT2D eigenvalue weighted by atomic mass is 10.2. The summed E-state index contributed by atoms with van der Waals surface area (Å²) in [5, 5.41) is 2.79. The molecule has 0 fully saturated rings. The van der Waals surface area contributed by atoms with Crippen LogP contribution in [0.2, 0.25) is 0 Å². The molecule has 0 rings (SSSR count). The zero-order valence-electron chi connectivity index (χ0n) is 9.70. The molecule has 1 amide bonds. The molecule has 0 aliphatic rings. The highest BCUT2D eigenvalue weighted by molar-refractivity contribution is 5.87. The maximum absolute atomic E-state index is 11.1. The van der Waals surface area contributed by atoms with Crippen LogP contribution in [0.5, 0.6) is 0 Å². The van der Waals surface area contributed by atoms with E-state index in [4.69, 9.17) is 0 Å². The average Bonchev–Trinajstić information content (AvgIpc) is 2.25. The molecule has 84 valence electrons. The lowest BCUT2D eigenvalue weighted by Crippen LogP contribution is -2.21. The van der Waals surface area contributed by atoms with Gasteiger partial charge >= 0.3 is 0 Å². The van der Waals surface area contributed by atoms with Crippen LogP contribution in [-0.4, -0.2) is 12.5 Å². The monoisotopic (exact) mass is 207 g/mol. The predicted molar refractivity (Wildman–Crippen MR) is 65.6 cm³/mol. The van der Waals surface area contributed by atoms with Crippen molar-refractivity contribution in [2.24, 2.45) is 0 Å². The third kappa shape index (κ3) is 10.6. The molecular weight excluding hydrogens is 186 g/mol. The summed E-state index contributed by atoms with van der Waals surface area (Å²) in [4.78, 5) is 11.1. The van der Waals surface area contributed by atoms with Crippen molar-refractivity contribution in [2.75, 3.05) is 6.54 Å². The molecule has 2 heteroatoms. The normalized spacial score (nSPS) is 11.9. The van der Waals surface area contributed by atoms with Gasteiger partial charge in [0.15, 0.2) is 0 Å². The Labute approximate surface area is 92.8 Å². The van der Waals surface area contributed by atoms with Gasteiger partial charge in [0.05, 0.1) is 0 Å². The van der Waals surface area contributed by atoms with Gasteiger partial charge in [-0.25, -0.2) is 0 Å². The van der Waals surface area contributed by atoms with Gasteiger partial charge in [-0.3, -0.25) is 4.79 Å². The van der Waals surface area contributed by atoms with Gasteiger partial charge in [-0.2, -0.15) is 0 Å². The van der Waals surface area contributed by atoms with E-state index >= 15 is 0 Å². The summed E-state index contributed by atoms with van der Waals surface area (Å²) in [5.74, 6) is 0.00860. The topological polar surface area (TPSA) is 29.1 Å². The summed E-state index contributed by atoms with van der Waals surface area (Å²) in [6.07, 6.45) is 14.5. The molecule has 0 aromatic heterocycles. The number of carbonyl (C=O) groups is 1. The number of unbranched alkanes of at least 4 members (excludes halogenated alkanes) is 1. The summed E-state index contributed by atoms with van der Waals surface area (Å²) in [7, 11) is 0. The highest BCUT2D eigenvalue weighted by Gasteiger charge is 1.90. The fourth-order valence-electron chi connectivity index (χ4n) is 0.976. The van der Waals surface area contributed by atoms with E-state index in [1.165, 1.54) is 0 Å². The van der Waals surface area contributed by atoms with E-state index in [1.807, 2.05) is 38.2 Å². The Balaban J connectivity index is 3.49. The molecule has 0 saturated carbocycles. The molecule has 0 spiro atoms. The van der Waals surface area contributed by atoms with E-state index in [-0.39, 0.29) is 5.91 Å². The maximum atomic E-state index is 11.1. The number of nitrogens with one attached hydrogen (secondary N) is 1. The first-order chi connectivity index (χ1) is 7.31. The van der Waals surface area contributed by atoms with Crippen molar-refractivity contribution in [1.29, 1.82) is 0 Å². The van der Waals surface area contributed by atoms with Crippen molar-refractivity contribution in [2.45, 2.75) is 33.1 Å². The van der Waals surface area contributed by atoms with Gasteiger partial charge < -0.3 is 5.32 Å². The second-order valence-electron chi connectivity index (χ2n) is 3.22. The van der Waals surface area contributed by atoms with Crippen molar-refractivity contribution >= 4 is 5.91 Å². The van der Waals surface area contributed by atoms with Gasteiger partial charge in [-0.15, -0.1) is 0 Å². The predicted octanol–water partition coefficient (Wildman–Crippen LogP) is 2.98. The number of amides is 1. The van der Waals surface area contributed by atoms with Gasteiger partial charge in [-0.05, 0) is 32.3 Å². The van der Waals surface area contributed by atoms with E-state index in [0.29, 0.717) is 0 Å². The number of rotatable bonds is 7. The molecule has 0 heterocycles. The lowest BCUT2D eigenvalue weighted by molar-refractivity contribution is -0.116. The Bertz CT molecular complexity index is 239. The third-order valence-electron chi connectivity index (χ3n) is 1.76. The molecule has 0 aliphatic heterocycles. The first kappa shape index (κ1) is 13.7. The summed E-state index contributed by atoms with van der Waals surface area (Å²) < 4.78 is 0. The number of carbonyl (C=O) groups excluding carboxylic acids is 1. The lowest BCUT2D eigenvalue weighted by Gasteiger charge is -1.96. The first-order valence-electron chi connectivity index (χ1n) is 5.53. The molecule has 1 N–H and O–H groups in total. The molecule has 0 aliphatic carbocycles. The van der Waals surface area contributed by atoms with Gasteiger partial charge in [-0.1, -0.05) is 37.3 Å². The second-order valence-corrected chi connectivity index (χ2v) is 3.22.